The van der Waals surface area contributed by atoms with Gasteiger partial charge in [-0.15, -0.1) is 11.3 Å². The lowest BCUT2D eigenvalue weighted by atomic mass is 10.2. The maximum absolute atomic E-state index is 12.4. The summed E-state index contributed by atoms with van der Waals surface area (Å²) in [4.78, 5) is 56.7. The molecule has 3 N–H and O–H groups in total. The maximum atomic E-state index is 12.4. The van der Waals surface area contributed by atoms with E-state index in [0.717, 1.165) is 21.9 Å². The summed E-state index contributed by atoms with van der Waals surface area (Å²) in [5.74, 6) is -2.17. The van der Waals surface area contributed by atoms with Crippen LogP contribution in [0.25, 0.3) is 0 Å². The predicted molar refractivity (Wildman–Crippen MR) is 129 cm³/mol. The molecule has 0 fully saturated rings. The maximum Gasteiger partial charge on any atom is 0.426 e. The molecule has 0 saturated carbocycles. The number of hydrogen-bond acceptors (Lipinski definition) is 10. The number of hydrogen-bond donors (Lipinski definition) is 3. The Kier molecular flexibility index (Phi) is 10.2. The molecule has 0 spiro atoms. The van der Waals surface area contributed by atoms with Crippen LogP contribution in [-0.4, -0.2) is 63.6 Å². The smallest absolute Gasteiger partial charge is 0.426 e. The number of aliphatic carboxylic acids is 1. The highest BCUT2D eigenvalue weighted by atomic mass is 32.1. The van der Waals surface area contributed by atoms with Gasteiger partial charge >= 0.3 is 18.2 Å². The molecule has 14 heteroatoms. The Morgan fingerprint density at radius 3 is 2.44 bits per heavy atom. The second-order valence-corrected chi connectivity index (χ2v) is 8.85. The molecule has 1 aromatic carbocycles. The fraction of sp³-hybridized carbons (Fsp3) is 0.364. The van der Waals surface area contributed by atoms with Gasteiger partial charge in [0.1, 0.15) is 17.9 Å². The minimum absolute atomic E-state index is 0.0135. The number of ether oxygens (including phenoxy) is 2. The van der Waals surface area contributed by atoms with Gasteiger partial charge in [-0.2, -0.15) is 0 Å². The normalized spacial score (nSPS) is 11.3. The first-order valence-corrected chi connectivity index (χ1v) is 11.5. The molecular formula is C22H27N5O8S. The Labute approximate surface area is 211 Å². The molecule has 13 nitrogen and oxygen atoms in total. The molecule has 36 heavy (non-hydrogen) atoms. The molecule has 0 radical (unpaired) electrons. The zero-order valence-electron chi connectivity index (χ0n) is 20.1. The molecule has 194 valence electrons. The number of anilines is 1. The van der Waals surface area contributed by atoms with Crippen molar-refractivity contribution in [3.63, 3.8) is 0 Å². The number of thiazole rings is 1. The number of carbonyl (C=O) groups is 4. The number of carboxylic acid groups (broad SMARTS) is 1. The number of amides is 3. The van der Waals surface area contributed by atoms with Crippen LogP contribution in [-0.2, 0) is 30.5 Å². The van der Waals surface area contributed by atoms with Gasteiger partial charge in [0.25, 0.3) is 5.91 Å². The Morgan fingerprint density at radius 1 is 1.14 bits per heavy atom. The Balaban J connectivity index is 1.91. The minimum atomic E-state index is -1.47. The fourth-order valence-electron chi connectivity index (χ4n) is 2.44. The van der Waals surface area contributed by atoms with Crippen molar-refractivity contribution in [1.82, 2.24) is 15.4 Å². The summed E-state index contributed by atoms with van der Waals surface area (Å²) in [5, 5.41) is 17.7. The molecule has 1 heterocycles. The third-order valence-electron chi connectivity index (χ3n) is 3.96. The van der Waals surface area contributed by atoms with Gasteiger partial charge < -0.3 is 19.4 Å². The topological polar surface area (TPSA) is 169 Å². The number of aromatic nitrogens is 1. The zero-order chi connectivity index (χ0) is 26.7. The van der Waals surface area contributed by atoms with Crippen molar-refractivity contribution in [3.05, 3.63) is 47.0 Å². The van der Waals surface area contributed by atoms with Gasteiger partial charge in [-0.25, -0.2) is 29.8 Å². The van der Waals surface area contributed by atoms with Crippen molar-refractivity contribution in [1.29, 1.82) is 0 Å². The molecule has 0 aliphatic heterocycles. The third kappa shape index (κ3) is 9.58. The van der Waals surface area contributed by atoms with Gasteiger partial charge in [0.05, 0.1) is 0 Å². The van der Waals surface area contributed by atoms with Crippen LogP contribution in [0.3, 0.4) is 0 Å². The van der Waals surface area contributed by atoms with Crippen molar-refractivity contribution in [2.45, 2.75) is 39.9 Å². The lowest BCUT2D eigenvalue weighted by Gasteiger charge is -2.20. The molecule has 0 unspecified atom stereocenters. The zero-order valence-corrected chi connectivity index (χ0v) is 21.0. The SMILES string of the molecule is CCN(NC(=O)OCc1ccccc1)C(=O)CON=C(C(=O)O)c1csc(NC(=O)OC(C)(C)C)n1. The van der Waals surface area contributed by atoms with Crippen LogP contribution in [0.2, 0.25) is 0 Å². The van der Waals surface area contributed by atoms with E-state index in [1.807, 2.05) is 6.07 Å². The number of carboxylic acids is 1. The van der Waals surface area contributed by atoms with Crippen LogP contribution in [0.4, 0.5) is 14.7 Å². The standard InChI is InChI=1S/C22H27N5O8S/c1-5-27(25-21(32)33-11-14-9-7-6-8-10-14)16(28)12-34-26-17(18(29)30)15-13-36-19(23-15)24-20(31)35-22(2,3)4/h6-10,13H,5,11-12H2,1-4H3,(H,25,32)(H,29,30)(H,23,24,31). The van der Waals surface area contributed by atoms with Crippen molar-refractivity contribution < 1.29 is 38.6 Å². The summed E-state index contributed by atoms with van der Waals surface area (Å²) >= 11 is 0.948. The monoisotopic (exact) mass is 521 g/mol. The number of benzene rings is 1. The van der Waals surface area contributed by atoms with Crippen molar-refractivity contribution in [3.8, 4) is 0 Å². The van der Waals surface area contributed by atoms with E-state index in [2.05, 4.69) is 20.9 Å². The number of nitrogens with one attached hydrogen (secondary N) is 2. The van der Waals surface area contributed by atoms with Gasteiger partial charge in [-0.05, 0) is 33.3 Å². The summed E-state index contributed by atoms with van der Waals surface area (Å²) < 4.78 is 10.2. The van der Waals surface area contributed by atoms with Gasteiger partial charge in [-0.1, -0.05) is 35.5 Å². The van der Waals surface area contributed by atoms with Crippen LogP contribution >= 0.6 is 11.3 Å². The van der Waals surface area contributed by atoms with E-state index in [9.17, 15) is 24.3 Å². The van der Waals surface area contributed by atoms with Crippen LogP contribution in [0.5, 0.6) is 0 Å². The summed E-state index contributed by atoms with van der Waals surface area (Å²) in [5.41, 5.74) is 1.64. The van der Waals surface area contributed by atoms with Crippen molar-refractivity contribution in [2.24, 2.45) is 5.16 Å². The minimum Gasteiger partial charge on any atom is -0.476 e. The Hall–Kier alpha value is -4.20. The van der Waals surface area contributed by atoms with E-state index >= 15 is 0 Å². The highest BCUT2D eigenvalue weighted by Gasteiger charge is 2.22. The number of oxime groups is 1. The number of likely N-dealkylation sites (N-methyl/N-ethyl adjacent to an activating group) is 1. The van der Waals surface area contributed by atoms with E-state index in [1.54, 1.807) is 52.0 Å². The van der Waals surface area contributed by atoms with Crippen molar-refractivity contribution in [2.75, 3.05) is 18.5 Å². The number of hydrazine groups is 1. The second-order valence-electron chi connectivity index (χ2n) is 7.99. The first-order chi connectivity index (χ1) is 17.0. The lowest BCUT2D eigenvalue weighted by Crippen LogP contribution is -2.47. The average molecular weight is 522 g/mol. The molecule has 2 rings (SSSR count). The van der Waals surface area contributed by atoms with E-state index in [4.69, 9.17) is 14.3 Å². The Bertz CT molecular complexity index is 1100. The number of nitrogens with zero attached hydrogens (tertiary/aromatic N) is 3. The highest BCUT2D eigenvalue weighted by Crippen LogP contribution is 2.18. The van der Waals surface area contributed by atoms with Gasteiger partial charge in [0, 0.05) is 11.9 Å². The van der Waals surface area contributed by atoms with Crippen LogP contribution in [0, 0.1) is 0 Å². The predicted octanol–water partition coefficient (Wildman–Crippen LogP) is 2.99. The van der Waals surface area contributed by atoms with Crippen LogP contribution in [0.15, 0.2) is 40.9 Å². The van der Waals surface area contributed by atoms with Gasteiger partial charge in [-0.3, -0.25) is 10.1 Å². The molecule has 0 saturated heterocycles. The third-order valence-corrected chi connectivity index (χ3v) is 4.72. The molecule has 0 aliphatic rings. The quantitative estimate of drug-likeness (QED) is 0.332. The van der Waals surface area contributed by atoms with E-state index in [-0.39, 0.29) is 24.0 Å². The van der Waals surface area contributed by atoms with E-state index in [0.29, 0.717) is 0 Å². The molecule has 0 bridgehead atoms. The molecule has 1 aromatic heterocycles. The number of carbonyl (C=O) groups excluding carboxylic acids is 3. The highest BCUT2D eigenvalue weighted by molar-refractivity contribution is 7.14. The second kappa shape index (κ2) is 13.0. The number of rotatable bonds is 9. The fourth-order valence-corrected chi connectivity index (χ4v) is 3.12. The van der Waals surface area contributed by atoms with E-state index < -0.39 is 42.0 Å². The molecule has 0 atom stereocenters. The van der Waals surface area contributed by atoms with Gasteiger partial charge in [0.15, 0.2) is 11.7 Å². The van der Waals surface area contributed by atoms with E-state index in [1.165, 1.54) is 5.38 Å². The first-order valence-electron chi connectivity index (χ1n) is 10.7. The molecule has 0 aliphatic carbocycles. The summed E-state index contributed by atoms with van der Waals surface area (Å²) in [6.07, 6.45) is -1.61. The summed E-state index contributed by atoms with van der Waals surface area (Å²) in [6.45, 7) is 6.11. The molecule has 3 amide bonds. The molecular weight excluding hydrogens is 494 g/mol. The average Bonchev–Trinajstić information content (AvgIpc) is 3.25. The summed E-state index contributed by atoms with van der Waals surface area (Å²) in [7, 11) is 0. The Morgan fingerprint density at radius 2 is 1.83 bits per heavy atom. The summed E-state index contributed by atoms with van der Waals surface area (Å²) in [6, 6.07) is 8.98. The largest absolute Gasteiger partial charge is 0.476 e. The first kappa shape index (κ1) is 28.0. The lowest BCUT2D eigenvalue weighted by molar-refractivity contribution is -0.139. The van der Waals surface area contributed by atoms with Gasteiger partial charge in [0.2, 0.25) is 5.71 Å². The van der Waals surface area contributed by atoms with Crippen LogP contribution < -0.4 is 10.7 Å². The van der Waals surface area contributed by atoms with Crippen molar-refractivity contribution >= 4 is 46.2 Å². The molecule has 2 aromatic rings. The van der Waals surface area contributed by atoms with Crippen LogP contribution in [0.1, 0.15) is 39.0 Å².